The number of carbonyl (C=O) groups excluding carboxylic acids is 1. The number of thioether (sulfide) groups is 1. The Morgan fingerprint density at radius 1 is 1.32 bits per heavy atom. The van der Waals surface area contributed by atoms with Crippen LogP contribution < -0.4 is 0 Å². The summed E-state index contributed by atoms with van der Waals surface area (Å²) in [5, 5.41) is 0.711. The van der Waals surface area contributed by atoms with E-state index in [2.05, 4.69) is 20.8 Å². The summed E-state index contributed by atoms with van der Waals surface area (Å²) in [4.78, 5) is 13.2. The third-order valence-corrected chi connectivity index (χ3v) is 5.65. The third kappa shape index (κ3) is 5.20. The molecule has 1 aliphatic rings. The minimum absolute atomic E-state index is 0.0852. The lowest BCUT2D eigenvalue weighted by atomic mass is 9.75. The molecule has 0 radical (unpaired) electrons. The van der Waals surface area contributed by atoms with Crippen LogP contribution in [0.4, 0.5) is 0 Å². The number of ether oxygens (including phenoxy) is 1. The number of esters is 1. The van der Waals surface area contributed by atoms with E-state index in [4.69, 9.17) is 16.3 Å². The molecule has 1 aliphatic carbocycles. The molecule has 22 heavy (non-hydrogen) atoms. The average molecular weight is 341 g/mol. The van der Waals surface area contributed by atoms with Gasteiger partial charge in [-0.25, -0.2) is 0 Å². The molecule has 1 aromatic rings. The Morgan fingerprint density at radius 2 is 2.00 bits per heavy atom. The van der Waals surface area contributed by atoms with Crippen LogP contribution in [0.3, 0.4) is 0 Å². The molecular formula is C18H25ClO2S. The van der Waals surface area contributed by atoms with E-state index in [-0.39, 0.29) is 12.1 Å². The Labute approximate surface area is 143 Å². The molecule has 0 N–H and O–H groups in total. The summed E-state index contributed by atoms with van der Waals surface area (Å²) in [7, 11) is 0. The van der Waals surface area contributed by atoms with Crippen molar-refractivity contribution >= 4 is 29.3 Å². The second-order valence-corrected chi connectivity index (χ2v) is 8.08. The highest BCUT2D eigenvalue weighted by Gasteiger charge is 2.33. The van der Waals surface area contributed by atoms with Gasteiger partial charge in [0.15, 0.2) is 0 Å². The number of rotatable bonds is 5. The molecule has 2 rings (SSSR count). The molecule has 0 bridgehead atoms. The Bertz CT molecular complexity index is 486. The zero-order chi connectivity index (χ0) is 16.1. The number of carbonyl (C=O) groups is 1. The first-order valence-electron chi connectivity index (χ1n) is 8.03. The van der Waals surface area contributed by atoms with Crippen molar-refractivity contribution < 1.29 is 9.53 Å². The van der Waals surface area contributed by atoms with E-state index in [0.717, 1.165) is 11.3 Å². The normalized spacial score (nSPS) is 25.2. The summed E-state index contributed by atoms with van der Waals surface area (Å²) in [5.41, 5.74) is 0. The van der Waals surface area contributed by atoms with Gasteiger partial charge in [0.2, 0.25) is 0 Å². The Kier molecular flexibility index (Phi) is 6.64. The van der Waals surface area contributed by atoms with E-state index < -0.39 is 0 Å². The van der Waals surface area contributed by atoms with Crippen molar-refractivity contribution in [2.75, 3.05) is 5.75 Å². The van der Waals surface area contributed by atoms with Crippen LogP contribution in [0.1, 0.15) is 40.0 Å². The molecule has 0 unspecified atom stereocenters. The maximum absolute atomic E-state index is 12.2. The van der Waals surface area contributed by atoms with Gasteiger partial charge in [-0.15, -0.1) is 11.8 Å². The summed E-state index contributed by atoms with van der Waals surface area (Å²) in [6.07, 6.45) is 3.50. The largest absolute Gasteiger partial charge is 0.461 e. The number of hydrogen-bond acceptors (Lipinski definition) is 3. The summed E-state index contributed by atoms with van der Waals surface area (Å²) in [6.45, 7) is 6.70. The van der Waals surface area contributed by atoms with Crippen molar-refractivity contribution in [3.63, 3.8) is 0 Å². The zero-order valence-electron chi connectivity index (χ0n) is 13.5. The topological polar surface area (TPSA) is 26.3 Å². The van der Waals surface area contributed by atoms with Gasteiger partial charge in [-0.1, -0.05) is 38.8 Å². The Hall–Kier alpha value is -0.670. The van der Waals surface area contributed by atoms with Crippen molar-refractivity contribution in [3.8, 4) is 0 Å². The zero-order valence-corrected chi connectivity index (χ0v) is 15.1. The fourth-order valence-corrected chi connectivity index (χ4v) is 3.93. The molecule has 1 fully saturated rings. The van der Waals surface area contributed by atoms with Gasteiger partial charge in [0.1, 0.15) is 6.10 Å². The predicted molar refractivity (Wildman–Crippen MR) is 93.4 cm³/mol. The SMILES string of the molecule is CC(C)[C@@H]1CC[C@@H](C)C[C@@H]1OC(=O)CSc1ccc(Cl)cc1. The third-order valence-electron chi connectivity index (χ3n) is 4.41. The molecule has 0 saturated heterocycles. The molecule has 0 spiro atoms. The highest BCUT2D eigenvalue weighted by atomic mass is 35.5. The Balaban J connectivity index is 1.85. The second kappa shape index (κ2) is 8.26. The fourth-order valence-electron chi connectivity index (χ4n) is 3.13. The van der Waals surface area contributed by atoms with Gasteiger partial charge < -0.3 is 4.74 Å². The van der Waals surface area contributed by atoms with Crippen molar-refractivity contribution in [2.45, 2.75) is 51.0 Å². The highest BCUT2D eigenvalue weighted by molar-refractivity contribution is 8.00. The molecule has 2 nitrogen and oxygen atoms in total. The minimum atomic E-state index is -0.107. The van der Waals surface area contributed by atoms with Gasteiger partial charge >= 0.3 is 5.97 Å². The maximum Gasteiger partial charge on any atom is 0.316 e. The first-order chi connectivity index (χ1) is 10.5. The minimum Gasteiger partial charge on any atom is -0.461 e. The van der Waals surface area contributed by atoms with Crippen LogP contribution in [-0.4, -0.2) is 17.8 Å². The quantitative estimate of drug-likeness (QED) is 0.527. The lowest BCUT2D eigenvalue weighted by molar-refractivity contribution is -0.152. The van der Waals surface area contributed by atoms with Crippen LogP contribution in [0.25, 0.3) is 0 Å². The smallest absolute Gasteiger partial charge is 0.316 e. The first kappa shape index (κ1) is 17.7. The van der Waals surface area contributed by atoms with E-state index in [1.807, 2.05) is 24.3 Å². The molecule has 0 heterocycles. The van der Waals surface area contributed by atoms with Gasteiger partial charge in [-0.05, 0) is 54.9 Å². The van der Waals surface area contributed by atoms with E-state index in [1.165, 1.54) is 24.6 Å². The van der Waals surface area contributed by atoms with Gasteiger partial charge in [0.05, 0.1) is 5.75 Å². The average Bonchev–Trinajstić information content (AvgIpc) is 2.46. The molecule has 4 heteroatoms. The van der Waals surface area contributed by atoms with E-state index in [1.54, 1.807) is 0 Å². The molecule has 0 aromatic heterocycles. The summed E-state index contributed by atoms with van der Waals surface area (Å²) < 4.78 is 5.80. The fraction of sp³-hybridized carbons (Fsp3) is 0.611. The maximum atomic E-state index is 12.2. The molecule has 0 amide bonds. The Morgan fingerprint density at radius 3 is 2.64 bits per heavy atom. The van der Waals surface area contributed by atoms with Crippen molar-refractivity contribution in [3.05, 3.63) is 29.3 Å². The van der Waals surface area contributed by atoms with Crippen molar-refractivity contribution in [1.82, 2.24) is 0 Å². The first-order valence-corrected chi connectivity index (χ1v) is 9.40. The molecule has 0 aliphatic heterocycles. The number of halogens is 1. The van der Waals surface area contributed by atoms with Gasteiger partial charge in [0.25, 0.3) is 0 Å². The van der Waals surface area contributed by atoms with Crippen molar-refractivity contribution in [1.29, 1.82) is 0 Å². The number of hydrogen-bond donors (Lipinski definition) is 0. The van der Waals surface area contributed by atoms with Crippen LogP contribution in [0.2, 0.25) is 5.02 Å². The van der Waals surface area contributed by atoms with E-state index >= 15 is 0 Å². The summed E-state index contributed by atoms with van der Waals surface area (Å²) in [5.74, 6) is 1.97. The van der Waals surface area contributed by atoms with E-state index in [0.29, 0.717) is 28.5 Å². The van der Waals surface area contributed by atoms with Crippen LogP contribution in [0.15, 0.2) is 29.2 Å². The molecule has 122 valence electrons. The standard InChI is InChI=1S/C18H25ClO2S/c1-12(2)16-9-4-13(3)10-17(16)21-18(20)11-22-15-7-5-14(19)6-8-15/h5-8,12-13,16-17H,4,9-11H2,1-3H3/t13-,16+,17+/m1/s1. The lowest BCUT2D eigenvalue weighted by Gasteiger charge is -2.36. The van der Waals surface area contributed by atoms with Crippen LogP contribution in [-0.2, 0) is 9.53 Å². The van der Waals surface area contributed by atoms with Gasteiger partial charge in [-0.3, -0.25) is 4.79 Å². The number of benzene rings is 1. The summed E-state index contributed by atoms with van der Waals surface area (Å²) in [6, 6.07) is 7.54. The summed E-state index contributed by atoms with van der Waals surface area (Å²) >= 11 is 7.36. The lowest BCUT2D eigenvalue weighted by Crippen LogP contribution is -2.36. The molecular weight excluding hydrogens is 316 g/mol. The highest BCUT2D eigenvalue weighted by Crippen LogP contribution is 2.35. The van der Waals surface area contributed by atoms with Gasteiger partial charge in [0, 0.05) is 9.92 Å². The molecule has 1 saturated carbocycles. The van der Waals surface area contributed by atoms with Crippen LogP contribution in [0.5, 0.6) is 0 Å². The van der Waals surface area contributed by atoms with Crippen molar-refractivity contribution in [2.24, 2.45) is 17.8 Å². The molecule has 1 aromatic carbocycles. The molecule has 3 atom stereocenters. The van der Waals surface area contributed by atoms with Gasteiger partial charge in [-0.2, -0.15) is 0 Å². The van der Waals surface area contributed by atoms with Crippen LogP contribution in [0, 0.1) is 17.8 Å². The van der Waals surface area contributed by atoms with E-state index in [9.17, 15) is 4.79 Å². The predicted octanol–water partition coefficient (Wildman–Crippen LogP) is 5.44. The second-order valence-electron chi connectivity index (χ2n) is 6.60. The van der Waals surface area contributed by atoms with Crippen LogP contribution >= 0.6 is 23.4 Å². The monoisotopic (exact) mass is 340 g/mol.